The quantitative estimate of drug-likeness (QED) is 0.785. The van der Waals surface area contributed by atoms with Crippen molar-refractivity contribution < 1.29 is 0 Å². The zero-order valence-corrected chi connectivity index (χ0v) is 10.8. The maximum atomic E-state index is 3.61. The van der Waals surface area contributed by atoms with Gasteiger partial charge in [-0.05, 0) is 58.0 Å². The topological polar surface area (TPSA) is 15.3 Å². The summed E-state index contributed by atoms with van der Waals surface area (Å²) in [5.41, 5.74) is 0. The van der Waals surface area contributed by atoms with E-state index in [0.29, 0.717) is 0 Å². The Hall–Kier alpha value is -0.0800. The van der Waals surface area contributed by atoms with E-state index in [9.17, 15) is 0 Å². The van der Waals surface area contributed by atoms with Crippen LogP contribution in [0.4, 0.5) is 0 Å². The van der Waals surface area contributed by atoms with Crippen molar-refractivity contribution in [1.82, 2.24) is 10.2 Å². The number of hydrogen-bond acceptors (Lipinski definition) is 2. The summed E-state index contributed by atoms with van der Waals surface area (Å²) in [5, 5.41) is 3.61. The maximum Gasteiger partial charge on any atom is 0.00989 e. The number of hydrogen-bond donors (Lipinski definition) is 1. The van der Waals surface area contributed by atoms with E-state index in [4.69, 9.17) is 0 Å². The number of nitrogens with one attached hydrogen (secondary N) is 1. The Labute approximate surface area is 99.8 Å². The predicted octanol–water partition coefficient (Wildman–Crippen LogP) is 2.25. The Morgan fingerprint density at radius 2 is 1.75 bits per heavy atom. The molecule has 2 heteroatoms. The summed E-state index contributed by atoms with van der Waals surface area (Å²) in [6.45, 7) is 0. The van der Waals surface area contributed by atoms with Crippen LogP contribution >= 0.6 is 0 Å². The van der Waals surface area contributed by atoms with Crippen LogP contribution in [0, 0.1) is 11.8 Å². The highest BCUT2D eigenvalue weighted by atomic mass is 15.2. The van der Waals surface area contributed by atoms with Crippen LogP contribution in [0.25, 0.3) is 0 Å². The van der Waals surface area contributed by atoms with Crippen LogP contribution in [-0.2, 0) is 0 Å². The molecule has 2 saturated heterocycles. The molecule has 2 bridgehead atoms. The van der Waals surface area contributed by atoms with Gasteiger partial charge in [0.15, 0.2) is 0 Å². The van der Waals surface area contributed by atoms with Gasteiger partial charge in [0.2, 0.25) is 0 Å². The molecule has 16 heavy (non-hydrogen) atoms. The van der Waals surface area contributed by atoms with Crippen LogP contribution in [0.15, 0.2) is 0 Å². The van der Waals surface area contributed by atoms with Gasteiger partial charge in [0.05, 0.1) is 0 Å². The monoisotopic (exact) mass is 222 g/mol. The molecule has 3 rings (SSSR count). The third-order valence-electron chi connectivity index (χ3n) is 5.36. The number of rotatable bonds is 4. The number of nitrogens with zero attached hydrogens (tertiary/aromatic N) is 1. The van der Waals surface area contributed by atoms with Gasteiger partial charge in [-0.25, -0.2) is 0 Å². The minimum atomic E-state index is 0.810. The molecule has 0 spiro atoms. The van der Waals surface area contributed by atoms with Crippen LogP contribution < -0.4 is 5.32 Å². The van der Waals surface area contributed by atoms with Crippen LogP contribution in [0.2, 0.25) is 0 Å². The second-order valence-electron chi connectivity index (χ2n) is 6.36. The molecule has 0 aromatic heterocycles. The Morgan fingerprint density at radius 1 is 1.12 bits per heavy atom. The normalized spacial score (nSPS) is 41.2. The molecular weight excluding hydrogens is 196 g/mol. The van der Waals surface area contributed by atoms with Crippen molar-refractivity contribution >= 4 is 0 Å². The largest absolute Gasteiger partial charge is 0.317 e. The SMILES string of the molecule is CNC(CC1CC1)C1CC2CCC(C1)N2C. The zero-order chi connectivity index (χ0) is 11.1. The first-order valence-corrected chi connectivity index (χ1v) is 7.17. The van der Waals surface area contributed by atoms with Crippen molar-refractivity contribution in [2.75, 3.05) is 14.1 Å². The predicted molar refractivity (Wildman–Crippen MR) is 67.5 cm³/mol. The second-order valence-corrected chi connectivity index (χ2v) is 6.36. The Kier molecular flexibility index (Phi) is 2.97. The van der Waals surface area contributed by atoms with Gasteiger partial charge in [-0.2, -0.15) is 0 Å². The first-order valence-electron chi connectivity index (χ1n) is 7.17. The van der Waals surface area contributed by atoms with Crippen LogP contribution in [0.1, 0.15) is 44.9 Å². The Balaban J connectivity index is 1.61. The molecule has 1 aliphatic carbocycles. The third-order valence-corrected chi connectivity index (χ3v) is 5.36. The van der Waals surface area contributed by atoms with E-state index >= 15 is 0 Å². The summed E-state index contributed by atoms with van der Waals surface area (Å²) < 4.78 is 0. The van der Waals surface area contributed by atoms with Gasteiger partial charge in [-0.15, -0.1) is 0 Å². The van der Waals surface area contributed by atoms with E-state index < -0.39 is 0 Å². The standard InChI is InChI=1S/C14H26N2/c1-15-14(7-10-3-4-10)11-8-12-5-6-13(9-11)16(12)2/h10-15H,3-9H2,1-2H3. The molecule has 1 saturated carbocycles. The van der Waals surface area contributed by atoms with Crippen LogP contribution in [-0.4, -0.2) is 37.1 Å². The van der Waals surface area contributed by atoms with E-state index in [-0.39, 0.29) is 0 Å². The lowest BCUT2D eigenvalue weighted by Crippen LogP contribution is -2.46. The third kappa shape index (κ3) is 2.02. The van der Waals surface area contributed by atoms with Gasteiger partial charge < -0.3 is 10.2 Å². The molecular formula is C14H26N2. The van der Waals surface area contributed by atoms with E-state index in [1.54, 1.807) is 0 Å². The van der Waals surface area contributed by atoms with E-state index in [1.165, 1.54) is 44.9 Å². The van der Waals surface area contributed by atoms with Gasteiger partial charge in [-0.3, -0.25) is 0 Å². The lowest BCUT2D eigenvalue weighted by atomic mass is 9.83. The molecule has 3 aliphatic rings. The second kappa shape index (κ2) is 4.30. The van der Waals surface area contributed by atoms with Crippen molar-refractivity contribution in [3.63, 3.8) is 0 Å². The molecule has 2 aliphatic heterocycles. The fraction of sp³-hybridized carbons (Fsp3) is 1.00. The first kappa shape index (κ1) is 11.0. The highest BCUT2D eigenvalue weighted by Gasteiger charge is 2.41. The van der Waals surface area contributed by atoms with E-state index in [1.807, 2.05) is 0 Å². The summed E-state index contributed by atoms with van der Waals surface area (Å²) in [6, 6.07) is 2.61. The maximum absolute atomic E-state index is 3.61. The van der Waals surface area contributed by atoms with Crippen molar-refractivity contribution in [2.24, 2.45) is 11.8 Å². The smallest absolute Gasteiger partial charge is 0.00989 e. The molecule has 0 amide bonds. The number of piperidine rings is 1. The lowest BCUT2D eigenvalue weighted by Gasteiger charge is -2.40. The van der Waals surface area contributed by atoms with Crippen molar-refractivity contribution in [2.45, 2.75) is 63.1 Å². The van der Waals surface area contributed by atoms with E-state index in [2.05, 4.69) is 24.3 Å². The molecule has 1 N–H and O–H groups in total. The molecule has 92 valence electrons. The lowest BCUT2D eigenvalue weighted by molar-refractivity contribution is 0.110. The molecule has 2 heterocycles. The van der Waals surface area contributed by atoms with E-state index in [0.717, 1.165) is 30.0 Å². The van der Waals surface area contributed by atoms with Gasteiger partial charge in [0, 0.05) is 18.1 Å². The fourth-order valence-corrected chi connectivity index (χ4v) is 4.04. The molecule has 0 radical (unpaired) electrons. The molecule has 2 nitrogen and oxygen atoms in total. The summed E-state index contributed by atoms with van der Waals surface area (Å²) in [5.74, 6) is 2.02. The summed E-state index contributed by atoms with van der Waals surface area (Å²) in [6.07, 6.45) is 10.3. The Bertz CT molecular complexity index is 235. The Morgan fingerprint density at radius 3 is 2.25 bits per heavy atom. The van der Waals surface area contributed by atoms with Crippen molar-refractivity contribution in [1.29, 1.82) is 0 Å². The minimum absolute atomic E-state index is 0.810. The molecule has 3 fully saturated rings. The summed E-state index contributed by atoms with van der Waals surface area (Å²) in [4.78, 5) is 2.65. The van der Waals surface area contributed by atoms with Crippen LogP contribution in [0.3, 0.4) is 0 Å². The van der Waals surface area contributed by atoms with Crippen molar-refractivity contribution in [3.05, 3.63) is 0 Å². The van der Waals surface area contributed by atoms with Gasteiger partial charge in [0.1, 0.15) is 0 Å². The average Bonchev–Trinajstić information content (AvgIpc) is 3.07. The van der Waals surface area contributed by atoms with Gasteiger partial charge >= 0.3 is 0 Å². The average molecular weight is 222 g/mol. The highest BCUT2D eigenvalue weighted by Crippen LogP contribution is 2.42. The molecule has 0 aromatic rings. The minimum Gasteiger partial charge on any atom is -0.317 e. The summed E-state index contributed by atoms with van der Waals surface area (Å²) in [7, 11) is 4.51. The fourth-order valence-electron chi connectivity index (χ4n) is 4.04. The van der Waals surface area contributed by atoms with Gasteiger partial charge in [-0.1, -0.05) is 12.8 Å². The summed E-state index contributed by atoms with van der Waals surface area (Å²) >= 11 is 0. The first-order chi connectivity index (χ1) is 7.78. The number of fused-ring (bicyclic) bond motifs is 2. The van der Waals surface area contributed by atoms with Gasteiger partial charge in [0.25, 0.3) is 0 Å². The molecule has 3 atom stereocenters. The van der Waals surface area contributed by atoms with Crippen LogP contribution in [0.5, 0.6) is 0 Å². The highest BCUT2D eigenvalue weighted by molar-refractivity contribution is 4.97. The van der Waals surface area contributed by atoms with Crippen molar-refractivity contribution in [3.8, 4) is 0 Å². The molecule has 0 aromatic carbocycles. The molecule has 3 unspecified atom stereocenters. The zero-order valence-electron chi connectivity index (χ0n) is 10.8.